The fraction of sp³-hybridized carbons (Fsp3) is 0.562. The molecule has 22 heavy (non-hydrogen) atoms. The maximum Gasteiger partial charge on any atom is 0.305 e. The zero-order chi connectivity index (χ0) is 15.9. The zero-order valence-corrected chi connectivity index (χ0v) is 12.8. The van der Waals surface area contributed by atoms with Gasteiger partial charge in [-0.25, -0.2) is 0 Å². The molecular weight excluding hydrogens is 284 g/mol. The topological polar surface area (TPSA) is 81.5 Å². The summed E-state index contributed by atoms with van der Waals surface area (Å²) in [6.45, 7) is 0.713. The maximum atomic E-state index is 11.3. The van der Waals surface area contributed by atoms with Gasteiger partial charge in [0.25, 0.3) is 5.69 Å². The van der Waals surface area contributed by atoms with Crippen LogP contribution >= 0.6 is 0 Å². The second-order valence-electron chi connectivity index (χ2n) is 5.80. The quantitative estimate of drug-likeness (QED) is 0.496. The molecule has 1 aliphatic carbocycles. The molecule has 0 aromatic heterocycles. The van der Waals surface area contributed by atoms with E-state index in [1.54, 1.807) is 12.1 Å². The van der Waals surface area contributed by atoms with E-state index in [1.807, 2.05) is 0 Å². The Hall–Kier alpha value is -1.95. The Labute approximate surface area is 130 Å². The molecule has 6 nitrogen and oxygen atoms in total. The van der Waals surface area contributed by atoms with Crippen LogP contribution in [0.3, 0.4) is 0 Å². The molecule has 1 aromatic carbocycles. The van der Waals surface area contributed by atoms with E-state index in [9.17, 15) is 14.9 Å². The number of nitrogens with zero attached hydrogens (tertiary/aromatic N) is 1. The SMILES string of the molecule is COC(=O)C[C@H]1CC[C@H](NCc2ccc([N+](=O)[O-])cc2)CC1. The number of esters is 1. The van der Waals surface area contributed by atoms with Gasteiger partial charge in [-0.2, -0.15) is 0 Å². The summed E-state index contributed by atoms with van der Waals surface area (Å²) in [5.41, 5.74) is 1.16. The van der Waals surface area contributed by atoms with Gasteiger partial charge < -0.3 is 10.1 Å². The van der Waals surface area contributed by atoms with Crippen molar-refractivity contribution in [2.75, 3.05) is 7.11 Å². The van der Waals surface area contributed by atoms with Gasteiger partial charge in [-0.1, -0.05) is 12.1 Å². The standard InChI is InChI=1S/C16H22N2O4/c1-22-16(19)10-12-2-6-14(7-3-12)17-11-13-4-8-15(9-5-13)18(20)21/h4-5,8-9,12,14,17H,2-3,6-7,10-11H2,1H3/t12-,14-. The van der Waals surface area contributed by atoms with Crippen LogP contribution in [0.2, 0.25) is 0 Å². The van der Waals surface area contributed by atoms with Crippen molar-refractivity contribution >= 4 is 11.7 Å². The number of hydrogen-bond donors (Lipinski definition) is 1. The van der Waals surface area contributed by atoms with Crippen molar-refractivity contribution in [2.24, 2.45) is 5.92 Å². The fourth-order valence-electron chi connectivity index (χ4n) is 2.89. The van der Waals surface area contributed by atoms with Gasteiger partial charge in [0.15, 0.2) is 0 Å². The summed E-state index contributed by atoms with van der Waals surface area (Å²) in [6.07, 6.45) is 4.69. The average molecular weight is 306 g/mol. The molecule has 0 aliphatic heterocycles. The average Bonchev–Trinajstić information content (AvgIpc) is 2.54. The predicted octanol–water partition coefficient (Wildman–Crippen LogP) is 2.81. The van der Waals surface area contributed by atoms with Crippen LogP contribution in [-0.4, -0.2) is 24.0 Å². The van der Waals surface area contributed by atoms with Gasteiger partial charge in [0.1, 0.15) is 0 Å². The first-order chi connectivity index (χ1) is 10.6. The van der Waals surface area contributed by atoms with Gasteiger partial charge in [0.05, 0.1) is 12.0 Å². The van der Waals surface area contributed by atoms with Crippen LogP contribution in [0.4, 0.5) is 5.69 Å². The molecule has 1 saturated carbocycles. The molecule has 6 heteroatoms. The first kappa shape index (κ1) is 16.4. The number of nitrogens with one attached hydrogen (secondary N) is 1. The number of hydrogen-bond acceptors (Lipinski definition) is 5. The Balaban J connectivity index is 1.72. The van der Waals surface area contributed by atoms with Gasteiger partial charge in [-0.15, -0.1) is 0 Å². The van der Waals surface area contributed by atoms with E-state index in [0.29, 0.717) is 24.9 Å². The highest BCUT2D eigenvalue weighted by molar-refractivity contribution is 5.69. The lowest BCUT2D eigenvalue weighted by atomic mass is 9.84. The molecular formula is C16H22N2O4. The Morgan fingerprint density at radius 2 is 1.91 bits per heavy atom. The smallest absolute Gasteiger partial charge is 0.305 e. The molecule has 120 valence electrons. The summed E-state index contributed by atoms with van der Waals surface area (Å²) in [6, 6.07) is 7.08. The highest BCUT2D eigenvalue weighted by Gasteiger charge is 2.23. The maximum absolute atomic E-state index is 11.3. The molecule has 1 aliphatic rings. The van der Waals surface area contributed by atoms with Crippen molar-refractivity contribution in [3.05, 3.63) is 39.9 Å². The van der Waals surface area contributed by atoms with E-state index in [4.69, 9.17) is 4.74 Å². The lowest BCUT2D eigenvalue weighted by molar-refractivity contribution is -0.384. The third kappa shape index (κ3) is 4.80. The second-order valence-corrected chi connectivity index (χ2v) is 5.80. The van der Waals surface area contributed by atoms with E-state index in [1.165, 1.54) is 19.2 Å². The van der Waals surface area contributed by atoms with Gasteiger partial charge in [0.2, 0.25) is 0 Å². The molecule has 0 heterocycles. The number of carbonyl (C=O) groups is 1. The molecule has 1 fully saturated rings. The van der Waals surface area contributed by atoms with Crippen molar-refractivity contribution in [3.63, 3.8) is 0 Å². The zero-order valence-electron chi connectivity index (χ0n) is 12.8. The highest BCUT2D eigenvalue weighted by atomic mass is 16.6. The Morgan fingerprint density at radius 1 is 1.27 bits per heavy atom. The van der Waals surface area contributed by atoms with E-state index in [2.05, 4.69) is 5.32 Å². The highest BCUT2D eigenvalue weighted by Crippen LogP contribution is 2.27. The molecule has 0 unspecified atom stereocenters. The van der Waals surface area contributed by atoms with E-state index >= 15 is 0 Å². The lowest BCUT2D eigenvalue weighted by Crippen LogP contribution is -2.33. The minimum atomic E-state index is -0.389. The first-order valence-electron chi connectivity index (χ1n) is 7.62. The van der Waals surface area contributed by atoms with Crippen LogP contribution in [0.5, 0.6) is 0 Å². The molecule has 1 aromatic rings. The van der Waals surface area contributed by atoms with Crippen molar-refractivity contribution in [2.45, 2.75) is 44.7 Å². The number of benzene rings is 1. The number of non-ortho nitro benzene ring substituents is 1. The van der Waals surface area contributed by atoms with E-state index < -0.39 is 0 Å². The van der Waals surface area contributed by atoms with Gasteiger partial charge in [0, 0.05) is 31.1 Å². The van der Waals surface area contributed by atoms with Crippen LogP contribution in [-0.2, 0) is 16.1 Å². The van der Waals surface area contributed by atoms with Crippen LogP contribution in [0, 0.1) is 16.0 Å². The molecule has 0 amide bonds. The molecule has 0 saturated heterocycles. The number of methoxy groups -OCH3 is 1. The molecule has 0 atom stereocenters. The Kier molecular flexibility index (Phi) is 5.89. The van der Waals surface area contributed by atoms with Crippen LogP contribution in [0.25, 0.3) is 0 Å². The molecule has 2 rings (SSSR count). The minimum Gasteiger partial charge on any atom is -0.469 e. The summed E-state index contributed by atoms with van der Waals surface area (Å²) in [5, 5.41) is 14.1. The van der Waals surface area contributed by atoms with Crippen molar-refractivity contribution < 1.29 is 14.5 Å². The Morgan fingerprint density at radius 3 is 2.45 bits per heavy atom. The third-order valence-electron chi connectivity index (χ3n) is 4.27. The Bertz CT molecular complexity index is 507. The monoisotopic (exact) mass is 306 g/mol. The first-order valence-corrected chi connectivity index (χ1v) is 7.62. The fourth-order valence-corrected chi connectivity index (χ4v) is 2.89. The molecule has 0 bridgehead atoms. The summed E-state index contributed by atoms with van der Waals surface area (Å²) in [5.74, 6) is 0.312. The van der Waals surface area contributed by atoms with Gasteiger partial charge >= 0.3 is 5.97 Å². The predicted molar refractivity (Wildman–Crippen MR) is 82.3 cm³/mol. The summed E-state index contributed by atoms with van der Waals surface area (Å²) in [4.78, 5) is 21.5. The normalized spacial score (nSPS) is 21.3. The number of rotatable bonds is 6. The van der Waals surface area contributed by atoms with Crippen LogP contribution < -0.4 is 5.32 Å². The minimum absolute atomic E-state index is 0.118. The van der Waals surface area contributed by atoms with E-state index in [0.717, 1.165) is 31.2 Å². The van der Waals surface area contributed by atoms with Gasteiger partial charge in [-0.3, -0.25) is 14.9 Å². The molecule has 1 N–H and O–H groups in total. The molecule has 0 spiro atoms. The summed E-state index contributed by atoms with van der Waals surface area (Å²) >= 11 is 0. The van der Waals surface area contributed by atoms with Crippen LogP contribution in [0.15, 0.2) is 24.3 Å². The largest absolute Gasteiger partial charge is 0.469 e. The summed E-state index contributed by atoms with van der Waals surface area (Å²) < 4.78 is 4.71. The van der Waals surface area contributed by atoms with E-state index in [-0.39, 0.29) is 16.6 Å². The van der Waals surface area contributed by atoms with Crippen molar-refractivity contribution in [1.82, 2.24) is 5.32 Å². The number of nitro benzene ring substituents is 1. The lowest BCUT2D eigenvalue weighted by Gasteiger charge is -2.28. The third-order valence-corrected chi connectivity index (χ3v) is 4.27. The van der Waals surface area contributed by atoms with Crippen LogP contribution in [0.1, 0.15) is 37.7 Å². The number of carbonyl (C=O) groups excluding carboxylic acids is 1. The van der Waals surface area contributed by atoms with Gasteiger partial charge in [-0.05, 0) is 37.2 Å². The van der Waals surface area contributed by atoms with Crippen molar-refractivity contribution in [3.8, 4) is 0 Å². The molecule has 0 radical (unpaired) electrons. The second kappa shape index (κ2) is 7.89. The van der Waals surface area contributed by atoms with Crippen molar-refractivity contribution in [1.29, 1.82) is 0 Å². The summed E-state index contributed by atoms with van der Waals surface area (Å²) in [7, 11) is 1.43. The number of nitro groups is 1. The number of ether oxygens (including phenoxy) is 1.